The van der Waals surface area contributed by atoms with Crippen molar-refractivity contribution in [1.82, 2.24) is 0 Å². The number of hydrogen-bond donors (Lipinski definition) is 2. The minimum absolute atomic E-state index is 0.0366. The van der Waals surface area contributed by atoms with Gasteiger partial charge in [-0.15, -0.1) is 0 Å². The molecule has 4 bridgehead atoms. The summed E-state index contributed by atoms with van der Waals surface area (Å²) in [5.74, 6) is -4.91. The molecule has 1 aromatic rings. The molecule has 0 amide bonds. The summed E-state index contributed by atoms with van der Waals surface area (Å²) in [7, 11) is 1.25. The lowest BCUT2D eigenvalue weighted by atomic mass is 9.38. The molecule has 39 heavy (non-hydrogen) atoms. The summed E-state index contributed by atoms with van der Waals surface area (Å²) in [5.41, 5.74) is -2.43. The first-order chi connectivity index (χ1) is 18.2. The Kier molecular flexibility index (Phi) is 5.41. The number of fused-ring (bicyclic) bond motifs is 2. The second-order valence-corrected chi connectivity index (χ2v) is 13.0. The fraction of sp³-hybridized carbons (Fsp3) is 0.690. The largest absolute Gasteiger partial charge is 0.472 e. The number of carbonyl (C=O) groups excluding carboxylic acids is 3. The molecule has 2 saturated carbocycles. The summed E-state index contributed by atoms with van der Waals surface area (Å²) in [5, 5.41) is 25.0. The van der Waals surface area contributed by atoms with Crippen LogP contribution < -0.4 is 0 Å². The zero-order valence-electron chi connectivity index (χ0n) is 23.1. The number of hydrogen-bond acceptors (Lipinski definition) is 10. The highest BCUT2D eigenvalue weighted by molar-refractivity contribution is 5.77. The van der Waals surface area contributed by atoms with E-state index in [2.05, 4.69) is 6.92 Å². The number of esters is 3. The summed E-state index contributed by atoms with van der Waals surface area (Å²) < 4.78 is 28.2. The highest BCUT2D eigenvalue weighted by Crippen LogP contribution is 2.76. The van der Waals surface area contributed by atoms with E-state index in [0.29, 0.717) is 12.8 Å². The molecule has 5 aliphatic rings. The highest BCUT2D eigenvalue weighted by Gasteiger charge is 2.86. The molecule has 0 spiro atoms. The van der Waals surface area contributed by atoms with Gasteiger partial charge in [0, 0.05) is 41.1 Å². The number of ether oxygens (including phenoxy) is 4. The van der Waals surface area contributed by atoms with Crippen LogP contribution in [-0.2, 0) is 33.3 Å². The van der Waals surface area contributed by atoms with Crippen molar-refractivity contribution in [3.63, 3.8) is 0 Å². The Hall–Kier alpha value is -2.69. The number of rotatable bonds is 3. The Labute approximate surface area is 226 Å². The molecule has 0 radical (unpaired) electrons. The van der Waals surface area contributed by atoms with Crippen LogP contribution >= 0.6 is 0 Å². The summed E-state index contributed by atoms with van der Waals surface area (Å²) in [6.45, 7) is 8.80. The second kappa shape index (κ2) is 7.95. The first-order valence-electron chi connectivity index (χ1n) is 13.5. The van der Waals surface area contributed by atoms with Crippen LogP contribution in [0.4, 0.5) is 0 Å². The van der Waals surface area contributed by atoms with Crippen LogP contribution in [0.25, 0.3) is 0 Å². The van der Waals surface area contributed by atoms with Gasteiger partial charge in [0.05, 0.1) is 26.1 Å². The Bertz CT molecular complexity index is 1280. The first-order valence-corrected chi connectivity index (χ1v) is 13.5. The van der Waals surface area contributed by atoms with Crippen LogP contribution in [0.3, 0.4) is 0 Å². The number of aliphatic hydroxyl groups is 2. The Balaban J connectivity index is 1.60. The molecular formula is C29H36O10. The maximum Gasteiger partial charge on any atom is 0.335 e. The van der Waals surface area contributed by atoms with Crippen molar-refractivity contribution in [3.05, 3.63) is 35.3 Å². The fourth-order valence-corrected chi connectivity index (χ4v) is 9.41. The Morgan fingerprint density at radius 1 is 1.15 bits per heavy atom. The van der Waals surface area contributed by atoms with Gasteiger partial charge in [-0.25, -0.2) is 4.79 Å². The van der Waals surface area contributed by atoms with Gasteiger partial charge in [0.1, 0.15) is 12.2 Å². The van der Waals surface area contributed by atoms with Crippen molar-refractivity contribution in [2.45, 2.75) is 90.0 Å². The molecule has 9 atom stereocenters. The van der Waals surface area contributed by atoms with E-state index in [9.17, 15) is 24.6 Å². The maximum atomic E-state index is 13.1. The monoisotopic (exact) mass is 544 g/mol. The van der Waals surface area contributed by atoms with Crippen molar-refractivity contribution in [3.8, 4) is 0 Å². The molecule has 3 aliphatic carbocycles. The second-order valence-electron chi connectivity index (χ2n) is 13.0. The number of methoxy groups -OCH3 is 1. The van der Waals surface area contributed by atoms with E-state index >= 15 is 0 Å². The summed E-state index contributed by atoms with van der Waals surface area (Å²) in [4.78, 5) is 38.4. The van der Waals surface area contributed by atoms with Gasteiger partial charge in [0.15, 0.2) is 11.7 Å². The van der Waals surface area contributed by atoms with E-state index in [1.165, 1.54) is 20.3 Å². The predicted octanol–water partition coefficient (Wildman–Crippen LogP) is 2.97. The average Bonchev–Trinajstić information content (AvgIpc) is 3.46. The molecule has 212 valence electrons. The summed E-state index contributed by atoms with van der Waals surface area (Å²) in [6, 6.07) is 1.78. The first kappa shape index (κ1) is 26.5. The van der Waals surface area contributed by atoms with Crippen LogP contribution in [0.5, 0.6) is 0 Å². The molecular weight excluding hydrogens is 508 g/mol. The van der Waals surface area contributed by atoms with Crippen molar-refractivity contribution in [2.75, 3.05) is 7.11 Å². The van der Waals surface area contributed by atoms with Crippen LogP contribution in [0.2, 0.25) is 0 Å². The zero-order chi connectivity index (χ0) is 28.3. The van der Waals surface area contributed by atoms with Gasteiger partial charge in [-0.1, -0.05) is 33.3 Å². The van der Waals surface area contributed by atoms with Gasteiger partial charge in [-0.2, -0.15) is 0 Å². The molecule has 3 heterocycles. The Morgan fingerprint density at radius 3 is 2.49 bits per heavy atom. The lowest BCUT2D eigenvalue weighted by molar-refractivity contribution is -0.388. The van der Waals surface area contributed by atoms with Gasteiger partial charge in [-0.05, 0) is 30.4 Å². The molecule has 2 N–H and O–H groups in total. The van der Waals surface area contributed by atoms with Gasteiger partial charge >= 0.3 is 17.9 Å². The molecule has 2 aliphatic heterocycles. The molecule has 10 nitrogen and oxygen atoms in total. The van der Waals surface area contributed by atoms with E-state index in [-0.39, 0.29) is 18.8 Å². The maximum absolute atomic E-state index is 13.1. The lowest BCUT2D eigenvalue weighted by Gasteiger charge is -2.68. The summed E-state index contributed by atoms with van der Waals surface area (Å²) in [6.07, 6.45) is 1.30. The van der Waals surface area contributed by atoms with E-state index in [1.54, 1.807) is 12.3 Å². The zero-order valence-corrected chi connectivity index (χ0v) is 23.1. The third kappa shape index (κ3) is 3.00. The molecule has 0 unspecified atom stereocenters. The van der Waals surface area contributed by atoms with E-state index in [4.69, 9.17) is 23.4 Å². The predicted molar refractivity (Wildman–Crippen MR) is 132 cm³/mol. The quantitative estimate of drug-likeness (QED) is 0.331. The van der Waals surface area contributed by atoms with E-state index in [0.717, 1.165) is 16.7 Å². The van der Waals surface area contributed by atoms with Crippen molar-refractivity contribution < 1.29 is 48.0 Å². The van der Waals surface area contributed by atoms with Crippen molar-refractivity contribution in [1.29, 1.82) is 0 Å². The third-order valence-electron chi connectivity index (χ3n) is 10.8. The van der Waals surface area contributed by atoms with Crippen LogP contribution in [0.15, 0.2) is 34.2 Å². The molecule has 10 heteroatoms. The van der Waals surface area contributed by atoms with Gasteiger partial charge in [-0.3, -0.25) is 9.59 Å². The van der Waals surface area contributed by atoms with Crippen LogP contribution in [-0.4, -0.2) is 58.8 Å². The van der Waals surface area contributed by atoms with E-state index < -0.39 is 69.8 Å². The third-order valence-corrected chi connectivity index (χ3v) is 10.8. The van der Waals surface area contributed by atoms with Gasteiger partial charge in [0.2, 0.25) is 5.79 Å². The SMILES string of the molecule is COC(=O)[C@H]1O[C@@]2(O)[C@]3(C)[C@H]4CC[C@]5(C)C(=C4C[C@@]2(O)[C@@H](OC(C)=O)C(C)(C)[C@H]13)CC(=O)O[C@H]5c1ccoc1. The minimum atomic E-state index is -2.22. The highest BCUT2D eigenvalue weighted by atomic mass is 16.7. The van der Waals surface area contributed by atoms with Gasteiger partial charge < -0.3 is 33.6 Å². The molecule has 6 rings (SSSR count). The normalized spacial score (nSPS) is 45.6. The minimum Gasteiger partial charge on any atom is -0.472 e. The van der Waals surface area contributed by atoms with Crippen molar-refractivity contribution >= 4 is 17.9 Å². The van der Waals surface area contributed by atoms with Gasteiger partial charge in [0.25, 0.3) is 0 Å². The Morgan fingerprint density at radius 2 is 1.87 bits per heavy atom. The molecule has 1 aromatic heterocycles. The number of furan rings is 1. The fourth-order valence-electron chi connectivity index (χ4n) is 9.41. The smallest absolute Gasteiger partial charge is 0.335 e. The average molecular weight is 545 g/mol. The molecule has 0 aromatic carbocycles. The topological polar surface area (TPSA) is 142 Å². The molecule has 4 fully saturated rings. The number of cyclic esters (lactones) is 1. The van der Waals surface area contributed by atoms with Crippen LogP contribution in [0.1, 0.15) is 72.0 Å². The lowest BCUT2D eigenvalue weighted by Crippen LogP contribution is -2.80. The van der Waals surface area contributed by atoms with E-state index in [1.807, 2.05) is 20.8 Å². The summed E-state index contributed by atoms with van der Waals surface area (Å²) >= 11 is 0. The standard InChI is InChI=1S/C29H36O10/c1-14(30)37-24-25(2,3)21-20(23(32)35-6)39-29(34)27(21,5)17-7-9-26(4)18(16(17)12-28(24,29)33)11-19(31)38-22(26)15-8-10-36-13-15/h8,10,13,17,20-22,24,33-34H,7,9,11-12H2,1-6H3/t17-,20-,21-,22-,24-,26+,27+,28+,29-/m0/s1. The van der Waals surface area contributed by atoms with Crippen LogP contribution in [0, 0.1) is 28.1 Å². The molecule has 2 saturated heterocycles. The van der Waals surface area contributed by atoms with Crippen molar-refractivity contribution in [2.24, 2.45) is 28.1 Å². The number of carbonyl (C=O) groups is 3.